The van der Waals surface area contributed by atoms with E-state index < -0.39 is 0 Å². The summed E-state index contributed by atoms with van der Waals surface area (Å²) < 4.78 is 5.11. The summed E-state index contributed by atoms with van der Waals surface area (Å²) in [5, 5.41) is 0.436. The lowest BCUT2D eigenvalue weighted by Crippen LogP contribution is -1.88. The molecule has 0 aliphatic rings. The van der Waals surface area contributed by atoms with Crippen LogP contribution >= 0.6 is 11.6 Å². The Hall–Kier alpha value is -1.28. The molecule has 0 N–H and O–H groups in total. The van der Waals surface area contributed by atoms with Crippen LogP contribution in [-0.2, 0) is 4.79 Å². The van der Waals surface area contributed by atoms with Crippen molar-refractivity contribution in [2.75, 3.05) is 7.11 Å². The first-order valence-electron chi connectivity index (χ1n) is 4.15. The zero-order valence-electron chi connectivity index (χ0n) is 8.08. The van der Waals surface area contributed by atoms with Gasteiger partial charge in [-0.3, -0.25) is 4.79 Å². The summed E-state index contributed by atoms with van der Waals surface area (Å²) in [6.45, 7) is 1.92. The molecule has 74 valence electrons. The molecule has 1 rings (SSSR count). The molecule has 0 fully saturated rings. The Morgan fingerprint density at radius 3 is 2.71 bits per heavy atom. The topological polar surface area (TPSA) is 26.3 Å². The van der Waals surface area contributed by atoms with Gasteiger partial charge in [-0.05, 0) is 42.3 Å². The van der Waals surface area contributed by atoms with Crippen molar-refractivity contribution < 1.29 is 9.53 Å². The molecule has 0 bridgehead atoms. The van der Waals surface area contributed by atoms with E-state index in [1.807, 2.05) is 25.1 Å². The maximum absolute atomic E-state index is 10.2. The second kappa shape index (κ2) is 4.82. The monoisotopic (exact) mass is 210 g/mol. The number of hydrogen-bond donors (Lipinski definition) is 0. The van der Waals surface area contributed by atoms with Crippen molar-refractivity contribution in [3.63, 3.8) is 0 Å². The van der Waals surface area contributed by atoms with Gasteiger partial charge in [-0.2, -0.15) is 0 Å². The van der Waals surface area contributed by atoms with Crippen molar-refractivity contribution in [1.82, 2.24) is 0 Å². The van der Waals surface area contributed by atoms with Crippen LogP contribution in [0.25, 0.3) is 5.03 Å². The third-order valence-electron chi connectivity index (χ3n) is 1.88. The first-order chi connectivity index (χ1) is 6.69. The third kappa shape index (κ3) is 2.36. The highest BCUT2D eigenvalue weighted by molar-refractivity contribution is 6.49. The summed E-state index contributed by atoms with van der Waals surface area (Å²) in [5.41, 5.74) is 1.81. The van der Waals surface area contributed by atoms with E-state index in [-0.39, 0.29) is 0 Å². The molecule has 0 amide bonds. The van der Waals surface area contributed by atoms with Gasteiger partial charge in [-0.15, -0.1) is 0 Å². The Labute approximate surface area is 88.1 Å². The van der Waals surface area contributed by atoms with Crippen LogP contribution < -0.4 is 4.74 Å². The van der Waals surface area contributed by atoms with Gasteiger partial charge in [0.15, 0.2) is 0 Å². The van der Waals surface area contributed by atoms with Crippen molar-refractivity contribution in [3.8, 4) is 5.75 Å². The first-order valence-corrected chi connectivity index (χ1v) is 4.53. The number of aryl methyl sites for hydroxylation is 1. The number of allylic oxidation sites excluding steroid dienone is 1. The summed E-state index contributed by atoms with van der Waals surface area (Å²) in [4.78, 5) is 10.2. The minimum absolute atomic E-state index is 0.436. The van der Waals surface area contributed by atoms with Crippen LogP contribution in [0.4, 0.5) is 0 Å². The lowest BCUT2D eigenvalue weighted by atomic mass is 10.1. The predicted molar refractivity (Wildman–Crippen MR) is 57.6 cm³/mol. The highest BCUT2D eigenvalue weighted by Crippen LogP contribution is 2.24. The maximum Gasteiger partial charge on any atom is 0.144 e. The van der Waals surface area contributed by atoms with E-state index >= 15 is 0 Å². The molecule has 0 saturated carbocycles. The second-order valence-corrected chi connectivity index (χ2v) is 3.24. The molecule has 0 heterocycles. The van der Waals surface area contributed by atoms with Gasteiger partial charge in [-0.1, -0.05) is 11.6 Å². The lowest BCUT2D eigenvalue weighted by molar-refractivity contribution is -0.104. The fourth-order valence-electron chi connectivity index (χ4n) is 1.18. The molecule has 1 aromatic rings. The highest BCUT2D eigenvalue weighted by Gasteiger charge is 2.02. The number of halogens is 1. The standard InChI is InChI=1S/C11H11ClO2/c1-8-7-9(10(12)5-6-13)3-4-11(8)14-2/h3-7H,1-2H3. The molecule has 0 atom stereocenters. The Morgan fingerprint density at radius 2 is 2.21 bits per heavy atom. The minimum Gasteiger partial charge on any atom is -0.496 e. The number of rotatable bonds is 3. The van der Waals surface area contributed by atoms with Crippen LogP contribution in [0.15, 0.2) is 24.3 Å². The van der Waals surface area contributed by atoms with Gasteiger partial charge in [-0.25, -0.2) is 0 Å². The number of carbonyl (C=O) groups excluding carboxylic acids is 1. The average molecular weight is 211 g/mol. The Morgan fingerprint density at radius 1 is 1.50 bits per heavy atom. The molecule has 0 spiro atoms. The SMILES string of the molecule is COc1ccc(C(Cl)=CC=O)cc1C. The van der Waals surface area contributed by atoms with Crippen molar-refractivity contribution >= 4 is 22.9 Å². The van der Waals surface area contributed by atoms with Crippen LogP contribution in [-0.4, -0.2) is 13.4 Å². The maximum atomic E-state index is 10.2. The van der Waals surface area contributed by atoms with Crippen LogP contribution in [0.3, 0.4) is 0 Å². The predicted octanol–water partition coefficient (Wildman–Crippen LogP) is 2.78. The molecule has 1 aromatic carbocycles. The average Bonchev–Trinajstić information content (AvgIpc) is 2.18. The molecular formula is C11H11ClO2. The summed E-state index contributed by atoms with van der Waals surface area (Å²) in [7, 11) is 1.62. The van der Waals surface area contributed by atoms with Gasteiger partial charge in [0.1, 0.15) is 12.0 Å². The Balaban J connectivity index is 3.08. The molecule has 0 unspecified atom stereocenters. The van der Waals surface area contributed by atoms with Crippen molar-refractivity contribution in [1.29, 1.82) is 0 Å². The number of hydrogen-bond acceptors (Lipinski definition) is 2. The largest absolute Gasteiger partial charge is 0.496 e. The smallest absolute Gasteiger partial charge is 0.144 e. The first kappa shape index (κ1) is 10.8. The van der Waals surface area contributed by atoms with Gasteiger partial charge in [0.25, 0.3) is 0 Å². The van der Waals surface area contributed by atoms with E-state index in [4.69, 9.17) is 16.3 Å². The molecule has 0 radical (unpaired) electrons. The van der Waals surface area contributed by atoms with Gasteiger partial charge in [0.2, 0.25) is 0 Å². The minimum atomic E-state index is 0.436. The fraction of sp³-hybridized carbons (Fsp3) is 0.182. The summed E-state index contributed by atoms with van der Waals surface area (Å²) in [6, 6.07) is 5.51. The number of methoxy groups -OCH3 is 1. The zero-order valence-corrected chi connectivity index (χ0v) is 8.84. The number of benzene rings is 1. The normalized spacial score (nSPS) is 11.2. The summed E-state index contributed by atoms with van der Waals surface area (Å²) >= 11 is 5.86. The zero-order chi connectivity index (χ0) is 10.6. The van der Waals surface area contributed by atoms with Crippen LogP contribution in [0.2, 0.25) is 0 Å². The van der Waals surface area contributed by atoms with Gasteiger partial charge in [0, 0.05) is 0 Å². The molecular weight excluding hydrogens is 200 g/mol. The molecule has 3 heteroatoms. The molecule has 2 nitrogen and oxygen atoms in total. The summed E-state index contributed by atoms with van der Waals surface area (Å²) in [5.74, 6) is 0.810. The van der Waals surface area contributed by atoms with E-state index in [0.717, 1.165) is 16.9 Å². The molecule has 0 aliphatic heterocycles. The van der Waals surface area contributed by atoms with Crippen molar-refractivity contribution in [2.24, 2.45) is 0 Å². The Kier molecular flexibility index (Phi) is 3.72. The van der Waals surface area contributed by atoms with E-state index in [1.165, 1.54) is 6.08 Å². The molecule has 14 heavy (non-hydrogen) atoms. The van der Waals surface area contributed by atoms with E-state index in [0.29, 0.717) is 11.3 Å². The van der Waals surface area contributed by atoms with Crippen molar-refractivity contribution in [2.45, 2.75) is 6.92 Å². The fourth-order valence-corrected chi connectivity index (χ4v) is 1.35. The van der Waals surface area contributed by atoms with Gasteiger partial charge >= 0.3 is 0 Å². The van der Waals surface area contributed by atoms with E-state index in [2.05, 4.69) is 0 Å². The van der Waals surface area contributed by atoms with Crippen molar-refractivity contribution in [3.05, 3.63) is 35.4 Å². The summed E-state index contributed by atoms with van der Waals surface area (Å²) in [6.07, 6.45) is 1.99. The second-order valence-electron chi connectivity index (χ2n) is 2.84. The highest BCUT2D eigenvalue weighted by atomic mass is 35.5. The van der Waals surface area contributed by atoms with Gasteiger partial charge in [0.05, 0.1) is 12.1 Å². The quantitative estimate of drug-likeness (QED) is 0.567. The molecule has 0 saturated heterocycles. The van der Waals surface area contributed by atoms with E-state index in [1.54, 1.807) is 7.11 Å². The molecule has 0 aliphatic carbocycles. The van der Waals surface area contributed by atoms with E-state index in [9.17, 15) is 4.79 Å². The van der Waals surface area contributed by atoms with Crippen LogP contribution in [0.1, 0.15) is 11.1 Å². The number of ether oxygens (including phenoxy) is 1. The third-order valence-corrected chi connectivity index (χ3v) is 2.23. The van der Waals surface area contributed by atoms with Crippen LogP contribution in [0.5, 0.6) is 5.75 Å². The Bertz CT molecular complexity index is 370. The van der Waals surface area contributed by atoms with Gasteiger partial charge < -0.3 is 4.74 Å². The number of carbonyl (C=O) groups is 1. The lowest BCUT2D eigenvalue weighted by Gasteiger charge is -2.06. The van der Waals surface area contributed by atoms with Crippen LogP contribution in [0, 0.1) is 6.92 Å². The number of aldehydes is 1. The molecule has 0 aromatic heterocycles.